The molecule has 1 aromatic heterocycles. The Labute approximate surface area is 179 Å². The molecule has 2 unspecified atom stereocenters. The first kappa shape index (κ1) is 20.5. The molecule has 0 amide bonds. The van der Waals surface area contributed by atoms with Crippen LogP contribution < -0.4 is 10.6 Å². The van der Waals surface area contributed by atoms with Gasteiger partial charge in [-0.25, -0.2) is 0 Å². The first-order chi connectivity index (χ1) is 12.7. The third kappa shape index (κ3) is 4.96. The number of halogens is 1. The standard InChI is InChI=1S/C21H31N5.HI/c1-15-12-17(14-26(15)18-9-10-18)25-21(22-2)23-11-5-6-16-13-24-20-8-4-3-7-19(16)20;/h3-4,7-8,13,15,17-18,24H,5-6,9-12,14H2,1-2H3,(H2,22,23,25);1H. The van der Waals surface area contributed by atoms with Crippen LogP contribution in [0.1, 0.15) is 38.2 Å². The number of nitrogens with one attached hydrogen (secondary N) is 3. The zero-order valence-corrected chi connectivity index (χ0v) is 18.7. The van der Waals surface area contributed by atoms with Gasteiger partial charge in [-0.2, -0.15) is 0 Å². The van der Waals surface area contributed by atoms with E-state index in [4.69, 9.17) is 0 Å². The van der Waals surface area contributed by atoms with E-state index in [1.165, 1.54) is 35.7 Å². The topological polar surface area (TPSA) is 55.5 Å². The number of H-pyrrole nitrogens is 1. The van der Waals surface area contributed by atoms with Gasteiger partial charge < -0.3 is 15.6 Å². The molecule has 27 heavy (non-hydrogen) atoms. The number of aliphatic imine (C=N–C) groups is 1. The van der Waals surface area contributed by atoms with Crippen molar-refractivity contribution >= 4 is 40.8 Å². The van der Waals surface area contributed by atoms with E-state index in [2.05, 4.69) is 62.9 Å². The summed E-state index contributed by atoms with van der Waals surface area (Å²) in [6.07, 6.45) is 8.30. The first-order valence-electron chi connectivity index (χ1n) is 10.0. The highest BCUT2D eigenvalue weighted by atomic mass is 127. The average Bonchev–Trinajstić information content (AvgIpc) is 3.32. The van der Waals surface area contributed by atoms with E-state index in [-0.39, 0.29) is 24.0 Å². The molecule has 5 nitrogen and oxygen atoms in total. The van der Waals surface area contributed by atoms with Crippen LogP contribution in [-0.4, -0.2) is 54.1 Å². The molecule has 0 bridgehead atoms. The molecule has 0 radical (unpaired) electrons. The maximum absolute atomic E-state index is 4.42. The Morgan fingerprint density at radius 2 is 2.11 bits per heavy atom. The number of guanidine groups is 1. The van der Waals surface area contributed by atoms with Crippen LogP contribution in [0.15, 0.2) is 35.5 Å². The largest absolute Gasteiger partial charge is 0.361 e. The Morgan fingerprint density at radius 1 is 1.30 bits per heavy atom. The van der Waals surface area contributed by atoms with Crippen LogP contribution in [-0.2, 0) is 6.42 Å². The molecular weight excluding hydrogens is 449 g/mol. The van der Waals surface area contributed by atoms with E-state index in [1.54, 1.807) is 0 Å². The monoisotopic (exact) mass is 481 g/mol. The highest BCUT2D eigenvalue weighted by molar-refractivity contribution is 14.0. The lowest BCUT2D eigenvalue weighted by molar-refractivity contribution is 0.256. The number of aromatic amines is 1. The molecule has 2 aliphatic rings. The molecule has 4 rings (SSSR count). The van der Waals surface area contributed by atoms with E-state index >= 15 is 0 Å². The Bertz CT molecular complexity index is 767. The van der Waals surface area contributed by atoms with Crippen molar-refractivity contribution in [1.29, 1.82) is 0 Å². The minimum absolute atomic E-state index is 0. The van der Waals surface area contributed by atoms with Crippen LogP contribution in [0.2, 0.25) is 0 Å². The zero-order valence-electron chi connectivity index (χ0n) is 16.4. The Balaban J connectivity index is 0.00000210. The minimum atomic E-state index is 0. The lowest BCUT2D eigenvalue weighted by Crippen LogP contribution is -2.45. The second-order valence-electron chi connectivity index (χ2n) is 7.82. The predicted molar refractivity (Wildman–Crippen MR) is 124 cm³/mol. The SMILES string of the molecule is CN=C(NCCCc1c[nH]c2ccccc12)NC1CC(C)N(C2CC2)C1.I. The summed E-state index contributed by atoms with van der Waals surface area (Å²) in [6, 6.07) is 10.6. The molecule has 1 aromatic carbocycles. The van der Waals surface area contributed by atoms with Crippen LogP contribution >= 0.6 is 24.0 Å². The van der Waals surface area contributed by atoms with Crippen molar-refractivity contribution in [3.63, 3.8) is 0 Å². The molecule has 6 heteroatoms. The summed E-state index contributed by atoms with van der Waals surface area (Å²) in [7, 11) is 1.87. The summed E-state index contributed by atoms with van der Waals surface area (Å²) < 4.78 is 0. The normalized spacial score (nSPS) is 23.4. The van der Waals surface area contributed by atoms with E-state index in [1.807, 2.05) is 7.05 Å². The molecule has 1 aliphatic carbocycles. The molecule has 1 saturated heterocycles. The van der Waals surface area contributed by atoms with Crippen molar-refractivity contribution in [1.82, 2.24) is 20.5 Å². The van der Waals surface area contributed by atoms with Gasteiger partial charge in [0.1, 0.15) is 0 Å². The fraction of sp³-hybridized carbons (Fsp3) is 0.571. The highest BCUT2D eigenvalue weighted by Gasteiger charge is 2.38. The Morgan fingerprint density at radius 3 is 2.89 bits per heavy atom. The lowest BCUT2D eigenvalue weighted by Gasteiger charge is -2.20. The van der Waals surface area contributed by atoms with Crippen LogP contribution in [0.25, 0.3) is 10.9 Å². The summed E-state index contributed by atoms with van der Waals surface area (Å²) in [5.41, 5.74) is 2.62. The summed E-state index contributed by atoms with van der Waals surface area (Å²) >= 11 is 0. The smallest absolute Gasteiger partial charge is 0.191 e. The molecule has 2 aromatic rings. The second-order valence-corrected chi connectivity index (χ2v) is 7.82. The van der Waals surface area contributed by atoms with Gasteiger partial charge in [0.05, 0.1) is 0 Å². The number of para-hydroxylation sites is 1. The summed E-state index contributed by atoms with van der Waals surface area (Å²) in [6.45, 7) is 4.45. The number of likely N-dealkylation sites (tertiary alicyclic amines) is 1. The molecule has 3 N–H and O–H groups in total. The van der Waals surface area contributed by atoms with Crippen LogP contribution in [0.5, 0.6) is 0 Å². The third-order valence-electron chi connectivity index (χ3n) is 5.79. The molecule has 2 heterocycles. The number of hydrogen-bond acceptors (Lipinski definition) is 2. The summed E-state index contributed by atoms with van der Waals surface area (Å²) in [5, 5.41) is 8.46. The van der Waals surface area contributed by atoms with E-state index in [0.29, 0.717) is 12.1 Å². The van der Waals surface area contributed by atoms with Gasteiger partial charge in [0.25, 0.3) is 0 Å². The van der Waals surface area contributed by atoms with Gasteiger partial charge in [-0.3, -0.25) is 9.89 Å². The predicted octanol–water partition coefficient (Wildman–Crippen LogP) is 3.51. The summed E-state index contributed by atoms with van der Waals surface area (Å²) in [4.78, 5) is 10.4. The molecular formula is C21H32IN5. The minimum Gasteiger partial charge on any atom is -0.361 e. The van der Waals surface area contributed by atoms with Gasteiger partial charge in [0, 0.05) is 55.4 Å². The Hall–Kier alpha value is -1.28. The van der Waals surface area contributed by atoms with E-state index in [0.717, 1.165) is 37.9 Å². The quantitative estimate of drug-likeness (QED) is 0.256. The molecule has 1 saturated carbocycles. The van der Waals surface area contributed by atoms with Crippen LogP contribution in [0.3, 0.4) is 0 Å². The molecule has 2 fully saturated rings. The van der Waals surface area contributed by atoms with Gasteiger partial charge in [-0.05, 0) is 50.7 Å². The number of nitrogens with zero attached hydrogens (tertiary/aromatic N) is 2. The number of benzene rings is 1. The third-order valence-corrected chi connectivity index (χ3v) is 5.79. The van der Waals surface area contributed by atoms with Crippen LogP contribution in [0, 0.1) is 0 Å². The van der Waals surface area contributed by atoms with Gasteiger partial charge in [0.15, 0.2) is 5.96 Å². The molecule has 1 aliphatic heterocycles. The zero-order chi connectivity index (χ0) is 17.9. The van der Waals surface area contributed by atoms with Crippen molar-refractivity contribution < 1.29 is 0 Å². The Kier molecular flexibility index (Phi) is 7.03. The number of hydrogen-bond donors (Lipinski definition) is 3. The number of fused-ring (bicyclic) bond motifs is 1. The molecule has 148 valence electrons. The molecule has 0 spiro atoms. The summed E-state index contributed by atoms with van der Waals surface area (Å²) in [5.74, 6) is 0.943. The van der Waals surface area contributed by atoms with Crippen molar-refractivity contribution in [3.8, 4) is 0 Å². The number of aryl methyl sites for hydroxylation is 1. The number of rotatable bonds is 6. The number of aromatic nitrogens is 1. The maximum atomic E-state index is 4.42. The average molecular weight is 481 g/mol. The fourth-order valence-corrected chi connectivity index (χ4v) is 4.29. The van der Waals surface area contributed by atoms with E-state index in [9.17, 15) is 0 Å². The van der Waals surface area contributed by atoms with Crippen LogP contribution in [0.4, 0.5) is 0 Å². The van der Waals surface area contributed by atoms with Crippen molar-refractivity contribution in [2.45, 2.75) is 57.2 Å². The first-order valence-corrected chi connectivity index (χ1v) is 10.0. The molecule has 2 atom stereocenters. The lowest BCUT2D eigenvalue weighted by atomic mass is 10.1. The van der Waals surface area contributed by atoms with E-state index < -0.39 is 0 Å². The fourth-order valence-electron chi connectivity index (χ4n) is 4.29. The maximum Gasteiger partial charge on any atom is 0.191 e. The van der Waals surface area contributed by atoms with Crippen molar-refractivity contribution in [2.75, 3.05) is 20.1 Å². The second kappa shape index (κ2) is 9.28. The van der Waals surface area contributed by atoms with Gasteiger partial charge in [-0.15, -0.1) is 24.0 Å². The van der Waals surface area contributed by atoms with Gasteiger partial charge in [-0.1, -0.05) is 18.2 Å². The van der Waals surface area contributed by atoms with Crippen molar-refractivity contribution in [3.05, 3.63) is 36.0 Å². The van der Waals surface area contributed by atoms with Gasteiger partial charge >= 0.3 is 0 Å². The van der Waals surface area contributed by atoms with Crippen molar-refractivity contribution in [2.24, 2.45) is 4.99 Å². The van der Waals surface area contributed by atoms with Gasteiger partial charge in [0.2, 0.25) is 0 Å². The highest BCUT2D eigenvalue weighted by Crippen LogP contribution is 2.33.